The highest BCUT2D eigenvalue weighted by atomic mass is 19.1. The molecule has 0 saturated carbocycles. The van der Waals surface area contributed by atoms with Gasteiger partial charge in [-0.15, -0.1) is 5.10 Å². The summed E-state index contributed by atoms with van der Waals surface area (Å²) >= 11 is 0. The largest absolute Gasteiger partial charge is 0.376 e. The molecular weight excluding hydrogens is 485 g/mol. The maximum absolute atomic E-state index is 13.9. The number of nitrogens with one attached hydrogen (secondary N) is 1. The lowest BCUT2D eigenvalue weighted by atomic mass is 10.0. The van der Waals surface area contributed by atoms with Gasteiger partial charge in [0.1, 0.15) is 23.9 Å². The average Bonchev–Trinajstić information content (AvgIpc) is 3.60. The number of hydrogen-bond donors (Lipinski definition) is 1. The van der Waals surface area contributed by atoms with Crippen molar-refractivity contribution in [1.29, 1.82) is 0 Å². The first-order valence-electron chi connectivity index (χ1n) is 12.8. The number of amides is 2. The molecule has 1 aliphatic rings. The fourth-order valence-corrected chi connectivity index (χ4v) is 4.70. The van der Waals surface area contributed by atoms with E-state index in [-0.39, 0.29) is 36.8 Å². The Morgan fingerprint density at radius 3 is 2.61 bits per heavy atom. The molecule has 196 valence electrons. The van der Waals surface area contributed by atoms with Crippen LogP contribution in [-0.4, -0.2) is 51.0 Å². The molecule has 38 heavy (non-hydrogen) atoms. The normalized spacial score (nSPS) is 15.9. The summed E-state index contributed by atoms with van der Waals surface area (Å²) in [6, 6.07) is 20.0. The van der Waals surface area contributed by atoms with E-state index >= 15 is 0 Å². The number of aryl methyl sites for hydroxylation is 1. The number of carbonyl (C=O) groups excluding carboxylic acids is 2. The van der Waals surface area contributed by atoms with Gasteiger partial charge < -0.3 is 15.0 Å². The molecule has 0 unspecified atom stereocenters. The minimum atomic E-state index is -0.913. The van der Waals surface area contributed by atoms with Crippen molar-refractivity contribution in [2.24, 2.45) is 0 Å². The molecule has 3 aromatic carbocycles. The summed E-state index contributed by atoms with van der Waals surface area (Å²) in [5.41, 5.74) is 3.82. The number of carbonyl (C=O) groups is 2. The number of para-hydroxylation sites is 1. The number of fused-ring (bicyclic) bond motifs is 1. The Hall–Kier alpha value is -4.11. The Morgan fingerprint density at radius 2 is 1.87 bits per heavy atom. The van der Waals surface area contributed by atoms with E-state index in [1.165, 1.54) is 21.7 Å². The summed E-state index contributed by atoms with van der Waals surface area (Å²) in [6.45, 7) is 3.02. The minimum absolute atomic E-state index is 0.0413. The van der Waals surface area contributed by atoms with Crippen LogP contribution in [-0.2, 0) is 27.4 Å². The predicted octanol–water partition coefficient (Wildman–Crippen LogP) is 3.94. The third-order valence-corrected chi connectivity index (χ3v) is 6.77. The highest BCUT2D eigenvalue weighted by Gasteiger charge is 2.32. The number of nitrogens with zero attached hydrogens (tertiary/aromatic N) is 4. The van der Waals surface area contributed by atoms with Crippen molar-refractivity contribution in [2.45, 2.75) is 45.0 Å². The van der Waals surface area contributed by atoms with Crippen LogP contribution in [0.2, 0.25) is 0 Å². The lowest BCUT2D eigenvalue weighted by Gasteiger charge is -2.32. The Kier molecular flexibility index (Phi) is 7.74. The van der Waals surface area contributed by atoms with Gasteiger partial charge in [-0.1, -0.05) is 59.3 Å². The summed E-state index contributed by atoms with van der Waals surface area (Å²) < 4.78 is 20.9. The molecule has 1 aliphatic heterocycles. The quantitative estimate of drug-likeness (QED) is 0.365. The molecule has 0 bridgehead atoms. The molecule has 0 aliphatic carbocycles. The number of hydrogen-bond acceptors (Lipinski definition) is 5. The van der Waals surface area contributed by atoms with Gasteiger partial charge in [0.15, 0.2) is 0 Å². The highest BCUT2D eigenvalue weighted by Crippen LogP contribution is 2.26. The zero-order chi connectivity index (χ0) is 26.5. The van der Waals surface area contributed by atoms with E-state index in [0.717, 1.165) is 23.9 Å². The van der Waals surface area contributed by atoms with Gasteiger partial charge >= 0.3 is 0 Å². The van der Waals surface area contributed by atoms with E-state index in [4.69, 9.17) is 4.74 Å². The van der Waals surface area contributed by atoms with Crippen molar-refractivity contribution >= 4 is 22.8 Å². The topological polar surface area (TPSA) is 89.4 Å². The SMILES string of the molecule is Cc1ccc([C@H](C(=O)NC[C@H]2CCCO2)N(Cc2ccc(F)cc2)C(=O)Cn2nnc3ccccc32)cc1. The van der Waals surface area contributed by atoms with Gasteiger partial charge in [-0.3, -0.25) is 9.59 Å². The summed E-state index contributed by atoms with van der Waals surface area (Å²) in [7, 11) is 0. The Labute approximate surface area is 220 Å². The van der Waals surface area contributed by atoms with Crippen molar-refractivity contribution in [1.82, 2.24) is 25.2 Å². The van der Waals surface area contributed by atoms with E-state index in [1.807, 2.05) is 55.5 Å². The lowest BCUT2D eigenvalue weighted by Crippen LogP contribution is -2.46. The molecule has 4 aromatic rings. The van der Waals surface area contributed by atoms with Crippen LogP contribution < -0.4 is 5.32 Å². The summed E-state index contributed by atoms with van der Waals surface area (Å²) in [6.07, 6.45) is 1.80. The van der Waals surface area contributed by atoms with Crippen LogP contribution in [0.1, 0.15) is 35.6 Å². The minimum Gasteiger partial charge on any atom is -0.376 e. The molecule has 5 rings (SSSR count). The van der Waals surface area contributed by atoms with E-state index < -0.39 is 6.04 Å². The van der Waals surface area contributed by atoms with Crippen LogP contribution in [0.15, 0.2) is 72.8 Å². The van der Waals surface area contributed by atoms with Gasteiger partial charge in [-0.2, -0.15) is 0 Å². The van der Waals surface area contributed by atoms with Gasteiger partial charge in [0, 0.05) is 19.7 Å². The summed E-state index contributed by atoms with van der Waals surface area (Å²) in [5, 5.41) is 11.3. The zero-order valence-corrected chi connectivity index (χ0v) is 21.2. The summed E-state index contributed by atoms with van der Waals surface area (Å²) in [5.74, 6) is -0.990. The van der Waals surface area contributed by atoms with Crippen molar-refractivity contribution in [3.63, 3.8) is 0 Å². The van der Waals surface area contributed by atoms with Crippen LogP contribution in [0.5, 0.6) is 0 Å². The lowest BCUT2D eigenvalue weighted by molar-refractivity contribution is -0.142. The number of ether oxygens (including phenoxy) is 1. The third-order valence-electron chi connectivity index (χ3n) is 6.77. The van der Waals surface area contributed by atoms with E-state index in [0.29, 0.717) is 29.8 Å². The van der Waals surface area contributed by atoms with Crippen LogP contribution in [0.4, 0.5) is 4.39 Å². The number of aromatic nitrogens is 3. The van der Waals surface area contributed by atoms with Crippen LogP contribution in [0, 0.1) is 12.7 Å². The molecule has 2 heterocycles. The molecule has 9 heteroatoms. The fraction of sp³-hybridized carbons (Fsp3) is 0.310. The monoisotopic (exact) mass is 515 g/mol. The standard InChI is InChI=1S/C29H30FN5O3/c1-20-8-12-22(13-9-20)28(29(37)31-17-24-5-4-16-38-24)34(18-21-10-14-23(30)15-11-21)27(36)19-35-26-7-3-2-6-25(26)32-33-35/h2-3,6-15,24,28H,4-5,16-19H2,1H3,(H,31,37)/t24-,28-/m1/s1. The maximum atomic E-state index is 13.9. The van der Waals surface area contributed by atoms with Crippen molar-refractivity contribution in [3.8, 4) is 0 Å². The number of rotatable bonds is 9. The second kappa shape index (κ2) is 11.5. The van der Waals surface area contributed by atoms with Crippen molar-refractivity contribution in [2.75, 3.05) is 13.2 Å². The number of benzene rings is 3. The molecule has 0 spiro atoms. The first-order valence-corrected chi connectivity index (χ1v) is 12.8. The Morgan fingerprint density at radius 1 is 1.11 bits per heavy atom. The third kappa shape index (κ3) is 5.89. The highest BCUT2D eigenvalue weighted by molar-refractivity contribution is 5.89. The molecule has 1 saturated heterocycles. The van der Waals surface area contributed by atoms with Gasteiger partial charge in [0.05, 0.1) is 11.6 Å². The zero-order valence-electron chi connectivity index (χ0n) is 21.2. The summed E-state index contributed by atoms with van der Waals surface area (Å²) in [4.78, 5) is 29.2. The van der Waals surface area contributed by atoms with Gasteiger partial charge in [-0.05, 0) is 55.2 Å². The van der Waals surface area contributed by atoms with Crippen molar-refractivity contribution < 1.29 is 18.7 Å². The molecule has 1 N–H and O–H groups in total. The molecule has 1 fully saturated rings. The van der Waals surface area contributed by atoms with E-state index in [1.54, 1.807) is 12.1 Å². The molecule has 8 nitrogen and oxygen atoms in total. The smallest absolute Gasteiger partial charge is 0.247 e. The Balaban J connectivity index is 1.49. The first kappa shape index (κ1) is 25.5. The second-order valence-electron chi connectivity index (χ2n) is 9.58. The maximum Gasteiger partial charge on any atom is 0.247 e. The van der Waals surface area contributed by atoms with Gasteiger partial charge in [0.25, 0.3) is 0 Å². The molecule has 2 amide bonds. The fourth-order valence-electron chi connectivity index (χ4n) is 4.70. The molecule has 2 atom stereocenters. The van der Waals surface area contributed by atoms with E-state index in [2.05, 4.69) is 15.6 Å². The van der Waals surface area contributed by atoms with Crippen molar-refractivity contribution in [3.05, 3.63) is 95.3 Å². The van der Waals surface area contributed by atoms with E-state index in [9.17, 15) is 14.0 Å². The van der Waals surface area contributed by atoms with Crippen LogP contribution >= 0.6 is 0 Å². The van der Waals surface area contributed by atoms with Crippen LogP contribution in [0.25, 0.3) is 11.0 Å². The molecule has 0 radical (unpaired) electrons. The molecular formula is C29H30FN5O3. The van der Waals surface area contributed by atoms with Crippen LogP contribution in [0.3, 0.4) is 0 Å². The first-order chi connectivity index (χ1) is 18.5. The van der Waals surface area contributed by atoms with Gasteiger partial charge in [0.2, 0.25) is 11.8 Å². The predicted molar refractivity (Wildman–Crippen MR) is 140 cm³/mol. The average molecular weight is 516 g/mol. The number of halogens is 1. The second-order valence-corrected chi connectivity index (χ2v) is 9.58. The molecule has 1 aromatic heterocycles. The Bertz CT molecular complexity index is 1400. The van der Waals surface area contributed by atoms with Gasteiger partial charge in [-0.25, -0.2) is 9.07 Å².